The van der Waals surface area contributed by atoms with E-state index in [0.717, 1.165) is 32.0 Å². The summed E-state index contributed by atoms with van der Waals surface area (Å²) in [4.78, 5) is 32.8. The van der Waals surface area contributed by atoms with E-state index in [1.807, 2.05) is 20.8 Å². The summed E-state index contributed by atoms with van der Waals surface area (Å²) < 4.78 is 1.80. The van der Waals surface area contributed by atoms with E-state index >= 15 is 0 Å². The second-order valence-electron chi connectivity index (χ2n) is 7.39. The molecule has 1 fully saturated rings. The van der Waals surface area contributed by atoms with Crippen LogP contribution in [-0.2, 0) is 5.54 Å². The number of nitrogens with one attached hydrogen (secondary N) is 1. The van der Waals surface area contributed by atoms with Crippen molar-refractivity contribution in [3.63, 3.8) is 0 Å². The normalized spacial score (nSPS) is 15.7. The molecule has 0 aromatic carbocycles. The minimum absolute atomic E-state index is 0.156. The molecule has 3 aromatic heterocycles. The molecule has 3 aromatic rings. The SMILES string of the molecule is CC(C)(C)n1ncc2c(=O)[nH]c(N3CCN(c4cnccn4)CC3)nc21. The fourth-order valence-electron chi connectivity index (χ4n) is 3.15. The first-order valence-corrected chi connectivity index (χ1v) is 8.68. The molecule has 1 aliphatic rings. The van der Waals surface area contributed by atoms with Crippen LogP contribution in [0.2, 0.25) is 0 Å². The zero-order valence-corrected chi connectivity index (χ0v) is 15.2. The molecule has 1 saturated heterocycles. The maximum Gasteiger partial charge on any atom is 0.263 e. The van der Waals surface area contributed by atoms with Crippen LogP contribution in [0.5, 0.6) is 0 Å². The van der Waals surface area contributed by atoms with Crippen LogP contribution in [-0.4, -0.2) is 55.9 Å². The van der Waals surface area contributed by atoms with Gasteiger partial charge in [-0.15, -0.1) is 0 Å². The molecule has 4 heterocycles. The highest BCUT2D eigenvalue weighted by Crippen LogP contribution is 2.20. The number of hydrogen-bond acceptors (Lipinski definition) is 7. The number of anilines is 2. The van der Waals surface area contributed by atoms with Crippen molar-refractivity contribution in [2.75, 3.05) is 36.0 Å². The van der Waals surface area contributed by atoms with Gasteiger partial charge in [0.25, 0.3) is 5.56 Å². The van der Waals surface area contributed by atoms with Crippen LogP contribution in [0, 0.1) is 0 Å². The zero-order valence-electron chi connectivity index (χ0n) is 15.2. The lowest BCUT2D eigenvalue weighted by Crippen LogP contribution is -2.47. The van der Waals surface area contributed by atoms with Crippen molar-refractivity contribution in [1.29, 1.82) is 0 Å². The van der Waals surface area contributed by atoms with E-state index in [0.29, 0.717) is 17.0 Å². The average molecular weight is 354 g/mol. The Morgan fingerprint density at radius 2 is 1.77 bits per heavy atom. The van der Waals surface area contributed by atoms with Gasteiger partial charge in [-0.05, 0) is 20.8 Å². The van der Waals surface area contributed by atoms with E-state index in [1.165, 1.54) is 0 Å². The third-order valence-corrected chi connectivity index (χ3v) is 4.51. The van der Waals surface area contributed by atoms with Crippen molar-refractivity contribution in [1.82, 2.24) is 29.7 Å². The van der Waals surface area contributed by atoms with Crippen molar-refractivity contribution in [3.05, 3.63) is 35.1 Å². The molecule has 26 heavy (non-hydrogen) atoms. The lowest BCUT2D eigenvalue weighted by molar-refractivity contribution is 0.366. The maximum absolute atomic E-state index is 12.5. The van der Waals surface area contributed by atoms with E-state index in [4.69, 9.17) is 4.98 Å². The zero-order chi connectivity index (χ0) is 18.3. The van der Waals surface area contributed by atoms with Gasteiger partial charge in [0, 0.05) is 38.6 Å². The van der Waals surface area contributed by atoms with Gasteiger partial charge in [-0.25, -0.2) is 9.67 Å². The van der Waals surface area contributed by atoms with Gasteiger partial charge in [-0.2, -0.15) is 10.1 Å². The second kappa shape index (κ2) is 6.08. The van der Waals surface area contributed by atoms with E-state index in [9.17, 15) is 4.79 Å². The number of aromatic nitrogens is 6. The molecule has 1 N–H and O–H groups in total. The third-order valence-electron chi connectivity index (χ3n) is 4.51. The molecule has 136 valence electrons. The second-order valence-corrected chi connectivity index (χ2v) is 7.39. The summed E-state index contributed by atoms with van der Waals surface area (Å²) in [5, 5.41) is 4.87. The molecule has 0 aliphatic carbocycles. The van der Waals surface area contributed by atoms with Crippen LogP contribution in [0.1, 0.15) is 20.8 Å². The summed E-state index contributed by atoms with van der Waals surface area (Å²) in [6, 6.07) is 0. The Balaban J connectivity index is 1.61. The van der Waals surface area contributed by atoms with E-state index in [-0.39, 0.29) is 11.1 Å². The number of H-pyrrole nitrogens is 1. The van der Waals surface area contributed by atoms with Gasteiger partial charge in [0.2, 0.25) is 5.95 Å². The Labute approximate surface area is 150 Å². The summed E-state index contributed by atoms with van der Waals surface area (Å²) >= 11 is 0. The number of piperazine rings is 1. The smallest absolute Gasteiger partial charge is 0.263 e. The van der Waals surface area contributed by atoms with Gasteiger partial charge in [0.05, 0.1) is 17.9 Å². The van der Waals surface area contributed by atoms with Gasteiger partial charge in [0.15, 0.2) is 5.65 Å². The summed E-state index contributed by atoms with van der Waals surface area (Å²) in [5.41, 5.74) is 0.217. The molecule has 4 rings (SSSR count). The van der Waals surface area contributed by atoms with E-state index in [2.05, 4.69) is 29.9 Å². The molecule has 0 unspecified atom stereocenters. The van der Waals surface area contributed by atoms with E-state index < -0.39 is 0 Å². The fourth-order valence-corrected chi connectivity index (χ4v) is 3.15. The molecule has 9 nitrogen and oxygen atoms in total. The molecular weight excluding hydrogens is 332 g/mol. The van der Waals surface area contributed by atoms with Crippen molar-refractivity contribution in [2.24, 2.45) is 0 Å². The predicted octanol–water partition coefficient (Wildman–Crippen LogP) is 0.991. The Bertz CT molecular complexity index is 964. The first-order valence-electron chi connectivity index (χ1n) is 8.68. The molecule has 1 aliphatic heterocycles. The highest BCUT2D eigenvalue weighted by Gasteiger charge is 2.23. The third kappa shape index (κ3) is 2.89. The minimum atomic E-state index is -0.246. The van der Waals surface area contributed by atoms with Gasteiger partial charge in [-0.1, -0.05) is 0 Å². The van der Waals surface area contributed by atoms with Crippen LogP contribution in [0.25, 0.3) is 11.0 Å². The highest BCUT2D eigenvalue weighted by atomic mass is 16.1. The number of nitrogens with zero attached hydrogens (tertiary/aromatic N) is 7. The van der Waals surface area contributed by atoms with Gasteiger partial charge < -0.3 is 9.80 Å². The molecule has 0 atom stereocenters. The van der Waals surface area contributed by atoms with Gasteiger partial charge in [0.1, 0.15) is 11.2 Å². The number of aromatic amines is 1. The van der Waals surface area contributed by atoms with E-state index in [1.54, 1.807) is 29.5 Å². The number of rotatable bonds is 2. The Hall–Kier alpha value is -2.97. The van der Waals surface area contributed by atoms with Crippen molar-refractivity contribution in [2.45, 2.75) is 26.3 Å². The molecule has 9 heteroatoms. The molecule has 0 saturated carbocycles. The number of hydrogen-bond donors (Lipinski definition) is 1. The largest absolute Gasteiger partial charge is 0.352 e. The molecule has 0 bridgehead atoms. The maximum atomic E-state index is 12.5. The van der Waals surface area contributed by atoms with Crippen molar-refractivity contribution >= 4 is 22.8 Å². The number of fused-ring (bicyclic) bond motifs is 1. The summed E-state index contributed by atoms with van der Waals surface area (Å²) in [6.45, 7) is 9.20. The molecule has 0 spiro atoms. The molecule has 0 amide bonds. The van der Waals surface area contributed by atoms with Crippen LogP contribution < -0.4 is 15.4 Å². The first kappa shape index (κ1) is 16.5. The molecule has 0 radical (unpaired) electrons. The summed E-state index contributed by atoms with van der Waals surface area (Å²) in [6.07, 6.45) is 6.72. The van der Waals surface area contributed by atoms with Crippen LogP contribution in [0.3, 0.4) is 0 Å². The lowest BCUT2D eigenvalue weighted by Gasteiger charge is -2.35. The van der Waals surface area contributed by atoms with Crippen LogP contribution in [0.15, 0.2) is 29.6 Å². The first-order chi connectivity index (χ1) is 12.4. The Morgan fingerprint density at radius 1 is 1.04 bits per heavy atom. The quantitative estimate of drug-likeness (QED) is 0.733. The Kier molecular flexibility index (Phi) is 3.86. The summed E-state index contributed by atoms with van der Waals surface area (Å²) in [5.74, 6) is 1.46. The van der Waals surface area contributed by atoms with Gasteiger partial charge >= 0.3 is 0 Å². The monoisotopic (exact) mass is 354 g/mol. The predicted molar refractivity (Wildman–Crippen MR) is 99.6 cm³/mol. The minimum Gasteiger partial charge on any atom is -0.352 e. The topological polar surface area (TPSA) is 95.8 Å². The van der Waals surface area contributed by atoms with Crippen molar-refractivity contribution < 1.29 is 0 Å². The average Bonchev–Trinajstić information content (AvgIpc) is 3.08. The van der Waals surface area contributed by atoms with Crippen LogP contribution in [0.4, 0.5) is 11.8 Å². The highest BCUT2D eigenvalue weighted by molar-refractivity contribution is 5.74. The fraction of sp³-hybridized carbons (Fsp3) is 0.471. The Morgan fingerprint density at radius 3 is 2.42 bits per heavy atom. The van der Waals surface area contributed by atoms with Crippen LogP contribution >= 0.6 is 0 Å². The van der Waals surface area contributed by atoms with Crippen molar-refractivity contribution in [3.8, 4) is 0 Å². The summed E-state index contributed by atoms with van der Waals surface area (Å²) in [7, 11) is 0. The lowest BCUT2D eigenvalue weighted by atomic mass is 10.1. The molecular formula is C17H22N8O. The van der Waals surface area contributed by atoms with Gasteiger partial charge in [-0.3, -0.25) is 14.8 Å². The standard InChI is InChI=1S/C17H22N8O/c1-17(2,3)25-14-12(10-20-25)15(26)22-16(21-14)24-8-6-23(7-9-24)13-11-18-4-5-19-13/h4-5,10-11H,6-9H2,1-3H3,(H,21,22,26).